The first-order valence-electron chi connectivity index (χ1n) is 15.1. The van der Waals surface area contributed by atoms with E-state index in [2.05, 4.69) is 162 Å². The molecule has 210 valence electrons. The van der Waals surface area contributed by atoms with Crippen LogP contribution in [-0.4, -0.2) is 12.4 Å². The van der Waals surface area contributed by atoms with E-state index in [0.717, 1.165) is 34.8 Å². The number of nitrogens with zero attached hydrogens (tertiary/aromatic N) is 1. The monoisotopic (exact) mass is 565 g/mol. The Morgan fingerprint density at radius 3 is 1.98 bits per heavy atom. The van der Waals surface area contributed by atoms with Crippen LogP contribution in [0.15, 0.2) is 163 Å². The Labute approximate surface area is 258 Å². The molecule has 0 fully saturated rings. The molecule has 44 heavy (non-hydrogen) atoms. The molecule has 3 heteroatoms. The number of fused-ring (bicyclic) bond motifs is 3. The maximum atomic E-state index is 5.40. The molecule has 1 atom stereocenters. The quantitative estimate of drug-likeness (QED) is 0.218. The number of anilines is 1. The first-order valence-corrected chi connectivity index (χ1v) is 15.1. The van der Waals surface area contributed by atoms with Crippen LogP contribution in [-0.2, 0) is 0 Å². The summed E-state index contributed by atoms with van der Waals surface area (Å²) in [6.45, 7) is 0.855. The van der Waals surface area contributed by atoms with Gasteiger partial charge in [-0.1, -0.05) is 127 Å². The van der Waals surface area contributed by atoms with E-state index in [1.165, 1.54) is 44.2 Å². The minimum absolute atomic E-state index is 0.110. The standard InChI is InChI=1S/C41H31N3/c1-3-9-28(10-4-1)34-25-35(30-17-15-29(16-18-30)31-21-23-42-24-22-31)27-36(26-34)41-43-39(33-12-5-2-6-13-33)38-20-19-32-11-7-8-14-37(32)40(38)44-41/h1-23,25-27,39,42H,24H2,(H,43,44). The van der Waals surface area contributed by atoms with Crippen molar-refractivity contribution in [2.75, 3.05) is 11.9 Å². The lowest BCUT2D eigenvalue weighted by Crippen LogP contribution is -2.22. The number of allylic oxidation sites excluding steroid dienone is 2. The average molecular weight is 566 g/mol. The van der Waals surface area contributed by atoms with E-state index in [1.807, 2.05) is 6.20 Å². The van der Waals surface area contributed by atoms with Crippen molar-refractivity contribution in [3.05, 3.63) is 180 Å². The van der Waals surface area contributed by atoms with Crippen molar-refractivity contribution in [1.29, 1.82) is 0 Å². The third kappa shape index (κ3) is 4.89. The first-order chi connectivity index (χ1) is 21.8. The molecule has 0 aliphatic carbocycles. The van der Waals surface area contributed by atoms with Crippen molar-refractivity contribution in [2.45, 2.75) is 6.04 Å². The lowest BCUT2D eigenvalue weighted by atomic mass is 9.91. The van der Waals surface area contributed by atoms with E-state index < -0.39 is 0 Å². The summed E-state index contributed by atoms with van der Waals surface area (Å²) in [6, 6.07) is 49.9. The molecule has 8 rings (SSSR count). The van der Waals surface area contributed by atoms with Crippen LogP contribution in [0.1, 0.15) is 28.3 Å². The Balaban J connectivity index is 1.28. The summed E-state index contributed by atoms with van der Waals surface area (Å²) >= 11 is 0. The molecule has 2 aliphatic rings. The van der Waals surface area contributed by atoms with Crippen LogP contribution < -0.4 is 10.6 Å². The molecule has 0 spiro atoms. The van der Waals surface area contributed by atoms with Crippen LogP contribution in [0, 0.1) is 0 Å². The predicted octanol–water partition coefficient (Wildman–Crippen LogP) is 9.64. The molecular weight excluding hydrogens is 534 g/mol. The molecule has 0 saturated heterocycles. The SMILES string of the molecule is C1=CC(c2ccc(-c3cc(C4=NC(c5ccccc5)c5ccc6ccccc6c5N4)cc(-c4ccccc4)c3)cc2)=CCN1. The summed E-state index contributed by atoms with van der Waals surface area (Å²) < 4.78 is 0. The summed E-state index contributed by atoms with van der Waals surface area (Å²) in [4.78, 5) is 5.40. The first kappa shape index (κ1) is 26.0. The zero-order chi connectivity index (χ0) is 29.3. The normalized spacial score (nSPS) is 15.5. The molecule has 3 nitrogen and oxygen atoms in total. The number of aliphatic imine (C=N–C) groups is 1. The minimum atomic E-state index is -0.110. The Hall–Kier alpha value is -5.67. The van der Waals surface area contributed by atoms with E-state index in [1.54, 1.807) is 0 Å². The van der Waals surface area contributed by atoms with E-state index in [-0.39, 0.29) is 6.04 Å². The number of nitrogens with one attached hydrogen (secondary N) is 2. The second-order valence-corrected chi connectivity index (χ2v) is 11.3. The van der Waals surface area contributed by atoms with E-state index in [0.29, 0.717) is 0 Å². The zero-order valence-corrected chi connectivity index (χ0v) is 24.2. The van der Waals surface area contributed by atoms with Gasteiger partial charge in [0.05, 0.1) is 5.69 Å². The summed E-state index contributed by atoms with van der Waals surface area (Å²) in [6.07, 6.45) is 6.37. The van der Waals surface area contributed by atoms with E-state index in [4.69, 9.17) is 4.99 Å². The van der Waals surface area contributed by atoms with Crippen molar-refractivity contribution in [3.8, 4) is 22.3 Å². The fourth-order valence-electron chi connectivity index (χ4n) is 6.29. The molecule has 0 aromatic heterocycles. The molecule has 2 aliphatic heterocycles. The van der Waals surface area contributed by atoms with Gasteiger partial charge in [-0.2, -0.15) is 0 Å². The van der Waals surface area contributed by atoms with Crippen molar-refractivity contribution < 1.29 is 0 Å². The average Bonchev–Trinajstić information content (AvgIpc) is 3.12. The van der Waals surface area contributed by atoms with Crippen LogP contribution in [0.4, 0.5) is 5.69 Å². The van der Waals surface area contributed by atoms with Crippen LogP contribution in [0.2, 0.25) is 0 Å². The van der Waals surface area contributed by atoms with Gasteiger partial charge in [-0.3, -0.25) is 4.99 Å². The number of hydrogen-bond acceptors (Lipinski definition) is 3. The largest absolute Gasteiger partial charge is 0.387 e. The molecule has 0 amide bonds. The lowest BCUT2D eigenvalue weighted by Gasteiger charge is -2.27. The van der Waals surface area contributed by atoms with Crippen LogP contribution in [0.5, 0.6) is 0 Å². The molecule has 6 aromatic carbocycles. The Morgan fingerprint density at radius 1 is 0.568 bits per heavy atom. The number of rotatable bonds is 5. The summed E-state index contributed by atoms with van der Waals surface area (Å²) in [5.41, 5.74) is 11.7. The molecule has 0 bridgehead atoms. The highest BCUT2D eigenvalue weighted by atomic mass is 15.0. The molecular formula is C41H31N3. The van der Waals surface area contributed by atoms with E-state index >= 15 is 0 Å². The maximum absolute atomic E-state index is 5.40. The lowest BCUT2D eigenvalue weighted by molar-refractivity contribution is 0.866. The van der Waals surface area contributed by atoms with Crippen molar-refractivity contribution in [3.63, 3.8) is 0 Å². The van der Waals surface area contributed by atoms with Crippen LogP contribution in [0.25, 0.3) is 38.6 Å². The van der Waals surface area contributed by atoms with Gasteiger partial charge in [0, 0.05) is 23.1 Å². The predicted molar refractivity (Wildman–Crippen MR) is 185 cm³/mol. The summed E-state index contributed by atoms with van der Waals surface area (Å²) in [5, 5.41) is 9.45. The highest BCUT2D eigenvalue weighted by Gasteiger charge is 2.25. The Bertz CT molecular complexity index is 2070. The molecule has 6 aromatic rings. The summed E-state index contributed by atoms with van der Waals surface area (Å²) in [5.74, 6) is 0.878. The fourth-order valence-corrected chi connectivity index (χ4v) is 6.29. The van der Waals surface area contributed by atoms with E-state index in [9.17, 15) is 0 Å². The van der Waals surface area contributed by atoms with Crippen molar-refractivity contribution >= 4 is 27.9 Å². The van der Waals surface area contributed by atoms with Gasteiger partial charge < -0.3 is 10.6 Å². The highest BCUT2D eigenvalue weighted by molar-refractivity contribution is 6.15. The molecule has 0 radical (unpaired) electrons. The van der Waals surface area contributed by atoms with Crippen LogP contribution in [0.3, 0.4) is 0 Å². The molecule has 2 N–H and O–H groups in total. The minimum Gasteiger partial charge on any atom is -0.387 e. The van der Waals surface area contributed by atoms with Crippen molar-refractivity contribution in [2.24, 2.45) is 4.99 Å². The smallest absolute Gasteiger partial charge is 0.133 e. The number of hydrogen-bond donors (Lipinski definition) is 2. The molecule has 0 saturated carbocycles. The highest BCUT2D eigenvalue weighted by Crippen LogP contribution is 2.41. The maximum Gasteiger partial charge on any atom is 0.133 e. The second kappa shape index (κ2) is 11.2. The van der Waals surface area contributed by atoms with Crippen LogP contribution >= 0.6 is 0 Å². The second-order valence-electron chi connectivity index (χ2n) is 11.3. The number of amidine groups is 1. The third-order valence-electron chi connectivity index (χ3n) is 8.56. The van der Waals surface area contributed by atoms with Gasteiger partial charge in [0.2, 0.25) is 0 Å². The van der Waals surface area contributed by atoms with Gasteiger partial charge in [0.25, 0.3) is 0 Å². The fraction of sp³-hybridized carbons (Fsp3) is 0.0488. The summed E-state index contributed by atoms with van der Waals surface area (Å²) in [7, 11) is 0. The van der Waals surface area contributed by atoms with Gasteiger partial charge in [-0.05, 0) is 74.8 Å². The van der Waals surface area contributed by atoms with Gasteiger partial charge in [-0.25, -0.2) is 0 Å². The zero-order valence-electron chi connectivity index (χ0n) is 24.2. The van der Waals surface area contributed by atoms with Gasteiger partial charge in [0.15, 0.2) is 0 Å². The Morgan fingerprint density at radius 2 is 1.23 bits per heavy atom. The van der Waals surface area contributed by atoms with Gasteiger partial charge >= 0.3 is 0 Å². The van der Waals surface area contributed by atoms with Gasteiger partial charge in [-0.15, -0.1) is 0 Å². The number of benzene rings is 6. The Kier molecular flexibility index (Phi) is 6.62. The van der Waals surface area contributed by atoms with Crippen molar-refractivity contribution in [1.82, 2.24) is 5.32 Å². The van der Waals surface area contributed by atoms with Gasteiger partial charge in [0.1, 0.15) is 11.9 Å². The number of dihydropyridines is 1. The topological polar surface area (TPSA) is 36.4 Å². The molecule has 2 heterocycles. The third-order valence-corrected chi connectivity index (χ3v) is 8.56. The molecule has 1 unspecified atom stereocenters.